The van der Waals surface area contributed by atoms with Gasteiger partial charge in [-0.05, 0) is 49.6 Å². The van der Waals surface area contributed by atoms with Gasteiger partial charge in [0.2, 0.25) is 0 Å². The number of hydrogen-bond acceptors (Lipinski definition) is 3. The lowest BCUT2D eigenvalue weighted by molar-refractivity contribution is 0.0525. The first kappa shape index (κ1) is 16.2. The number of benzene rings is 1. The molecule has 0 spiro atoms. The van der Waals surface area contributed by atoms with Crippen LogP contribution in [-0.2, 0) is 0 Å². The van der Waals surface area contributed by atoms with Gasteiger partial charge in [0.15, 0.2) is 0 Å². The van der Waals surface area contributed by atoms with E-state index in [0.29, 0.717) is 5.92 Å². The van der Waals surface area contributed by atoms with E-state index in [1.54, 1.807) is 0 Å². The molecule has 0 saturated carbocycles. The lowest BCUT2D eigenvalue weighted by Crippen LogP contribution is -2.40. The van der Waals surface area contributed by atoms with Crippen LogP contribution in [0.15, 0.2) is 35.7 Å². The zero-order chi connectivity index (χ0) is 16.4. The highest BCUT2D eigenvalue weighted by Gasteiger charge is 2.27. The van der Waals surface area contributed by atoms with Crippen molar-refractivity contribution in [3.63, 3.8) is 0 Å². The van der Waals surface area contributed by atoms with Crippen LogP contribution in [0.2, 0.25) is 0 Å². The number of hydrogen-bond donors (Lipinski definition) is 1. The third-order valence-corrected chi connectivity index (χ3v) is 5.63. The topological polar surface area (TPSA) is 40.5 Å². The summed E-state index contributed by atoms with van der Waals surface area (Å²) >= 11 is 1.52. The monoisotopic (exact) mass is 329 g/mol. The van der Waals surface area contributed by atoms with Crippen LogP contribution in [0, 0.1) is 12.8 Å². The minimum atomic E-state index is -0.280. The average Bonchev–Trinajstić information content (AvgIpc) is 3.04. The molecule has 4 heteroatoms. The van der Waals surface area contributed by atoms with Crippen LogP contribution >= 0.6 is 11.3 Å². The number of aliphatic hydroxyl groups excluding tert-OH is 1. The Morgan fingerprint density at radius 2 is 1.87 bits per heavy atom. The first-order valence-corrected chi connectivity index (χ1v) is 9.06. The Labute approximate surface area is 141 Å². The van der Waals surface area contributed by atoms with Crippen LogP contribution < -0.4 is 0 Å². The summed E-state index contributed by atoms with van der Waals surface area (Å²) in [6.07, 6.45) is 1.49. The van der Waals surface area contributed by atoms with E-state index in [9.17, 15) is 9.90 Å². The van der Waals surface area contributed by atoms with Gasteiger partial charge in [-0.25, -0.2) is 0 Å². The van der Waals surface area contributed by atoms with Crippen LogP contribution in [0.25, 0.3) is 11.1 Å². The Balaban J connectivity index is 1.77. The lowest BCUT2D eigenvalue weighted by atomic mass is 9.92. The fourth-order valence-electron chi connectivity index (χ4n) is 3.16. The molecule has 1 fully saturated rings. The number of piperidine rings is 1. The third-order valence-electron chi connectivity index (χ3n) is 4.73. The molecule has 1 aromatic carbocycles. The van der Waals surface area contributed by atoms with Crippen LogP contribution in [0.4, 0.5) is 0 Å². The summed E-state index contributed by atoms with van der Waals surface area (Å²) < 4.78 is 0. The first-order chi connectivity index (χ1) is 11.1. The quantitative estimate of drug-likeness (QED) is 0.926. The lowest BCUT2D eigenvalue weighted by Gasteiger charge is -2.33. The SMILES string of the molecule is Cc1ccc(-c2ccsc2C(=O)N2CCC(C(C)O)CC2)cc1. The van der Waals surface area contributed by atoms with Gasteiger partial charge in [-0.2, -0.15) is 0 Å². The second kappa shape index (κ2) is 6.85. The van der Waals surface area contributed by atoms with Crippen LogP contribution in [0.5, 0.6) is 0 Å². The Kier molecular flexibility index (Phi) is 4.83. The molecule has 1 amide bonds. The molecule has 0 bridgehead atoms. The maximum absolute atomic E-state index is 12.9. The molecule has 2 aromatic rings. The van der Waals surface area contributed by atoms with Crippen molar-refractivity contribution in [3.05, 3.63) is 46.2 Å². The molecule has 1 aliphatic rings. The number of nitrogens with zero attached hydrogens (tertiary/aromatic N) is 1. The van der Waals surface area contributed by atoms with Crippen molar-refractivity contribution in [3.8, 4) is 11.1 Å². The summed E-state index contributed by atoms with van der Waals surface area (Å²) in [6.45, 7) is 5.38. The van der Waals surface area contributed by atoms with E-state index in [1.165, 1.54) is 16.9 Å². The van der Waals surface area contributed by atoms with Gasteiger partial charge in [-0.1, -0.05) is 29.8 Å². The van der Waals surface area contributed by atoms with Crippen LogP contribution in [0.3, 0.4) is 0 Å². The molecule has 1 aliphatic heterocycles. The number of likely N-dealkylation sites (tertiary alicyclic amines) is 1. The smallest absolute Gasteiger partial charge is 0.264 e. The predicted octanol–water partition coefficient (Wildman–Crippen LogP) is 3.96. The van der Waals surface area contributed by atoms with E-state index in [4.69, 9.17) is 0 Å². The van der Waals surface area contributed by atoms with Crippen LogP contribution in [0.1, 0.15) is 35.0 Å². The largest absolute Gasteiger partial charge is 0.393 e. The highest BCUT2D eigenvalue weighted by atomic mass is 32.1. The summed E-state index contributed by atoms with van der Waals surface area (Å²) in [7, 11) is 0. The van der Waals surface area contributed by atoms with E-state index in [0.717, 1.165) is 41.9 Å². The van der Waals surface area contributed by atoms with Crippen molar-refractivity contribution < 1.29 is 9.90 Å². The molecule has 2 heterocycles. The molecule has 23 heavy (non-hydrogen) atoms. The summed E-state index contributed by atoms with van der Waals surface area (Å²) in [5.41, 5.74) is 3.34. The Bertz CT molecular complexity index is 667. The standard InChI is InChI=1S/C19H23NO2S/c1-13-3-5-16(6-4-13)17-9-12-23-18(17)19(22)20-10-7-15(8-11-20)14(2)21/h3-6,9,12,14-15,21H,7-8,10-11H2,1-2H3. The number of rotatable bonds is 3. The molecule has 0 radical (unpaired) electrons. The second-order valence-corrected chi connectivity index (χ2v) is 7.32. The Morgan fingerprint density at radius 3 is 2.48 bits per heavy atom. The Morgan fingerprint density at radius 1 is 1.22 bits per heavy atom. The van der Waals surface area contributed by atoms with Crippen molar-refractivity contribution in [2.75, 3.05) is 13.1 Å². The van der Waals surface area contributed by atoms with E-state index < -0.39 is 0 Å². The summed E-state index contributed by atoms with van der Waals surface area (Å²) in [5, 5.41) is 11.7. The molecular weight excluding hydrogens is 306 g/mol. The molecule has 1 saturated heterocycles. The van der Waals surface area contributed by atoms with Gasteiger partial charge in [0.05, 0.1) is 11.0 Å². The minimum absolute atomic E-state index is 0.125. The molecule has 122 valence electrons. The highest BCUT2D eigenvalue weighted by Crippen LogP contribution is 2.31. The van der Waals surface area contributed by atoms with Crippen molar-refractivity contribution >= 4 is 17.2 Å². The number of carbonyl (C=O) groups excluding carboxylic acids is 1. The van der Waals surface area contributed by atoms with Crippen molar-refractivity contribution in [2.45, 2.75) is 32.8 Å². The second-order valence-electron chi connectivity index (χ2n) is 6.40. The van der Waals surface area contributed by atoms with E-state index in [1.807, 2.05) is 23.3 Å². The molecule has 0 aliphatic carbocycles. The van der Waals surface area contributed by atoms with Gasteiger partial charge in [0.1, 0.15) is 0 Å². The van der Waals surface area contributed by atoms with Gasteiger partial charge >= 0.3 is 0 Å². The number of aliphatic hydroxyl groups is 1. The molecule has 3 nitrogen and oxygen atoms in total. The number of aryl methyl sites for hydroxylation is 1. The van der Waals surface area contributed by atoms with Gasteiger partial charge in [-0.15, -0.1) is 11.3 Å². The fraction of sp³-hybridized carbons (Fsp3) is 0.421. The Hall–Kier alpha value is -1.65. The number of thiophene rings is 1. The van der Waals surface area contributed by atoms with Crippen molar-refractivity contribution in [1.29, 1.82) is 0 Å². The fourth-order valence-corrected chi connectivity index (χ4v) is 4.05. The summed E-state index contributed by atoms with van der Waals surface area (Å²) in [6, 6.07) is 10.3. The first-order valence-electron chi connectivity index (χ1n) is 8.18. The average molecular weight is 329 g/mol. The predicted molar refractivity (Wildman–Crippen MR) is 94.8 cm³/mol. The minimum Gasteiger partial charge on any atom is -0.393 e. The maximum atomic E-state index is 12.9. The van der Waals surface area contributed by atoms with Gasteiger partial charge < -0.3 is 10.0 Å². The molecule has 3 rings (SSSR count). The molecular formula is C19H23NO2S. The number of amides is 1. The summed E-state index contributed by atoms with van der Waals surface area (Å²) in [5.74, 6) is 0.443. The molecule has 1 N–H and O–H groups in total. The van der Waals surface area contributed by atoms with E-state index in [-0.39, 0.29) is 12.0 Å². The maximum Gasteiger partial charge on any atom is 0.264 e. The zero-order valence-corrected chi connectivity index (χ0v) is 14.5. The third kappa shape index (κ3) is 3.48. The zero-order valence-electron chi connectivity index (χ0n) is 13.7. The van der Waals surface area contributed by atoms with Crippen LogP contribution in [-0.4, -0.2) is 35.1 Å². The van der Waals surface area contributed by atoms with Gasteiger partial charge in [-0.3, -0.25) is 4.79 Å². The number of carbonyl (C=O) groups is 1. The van der Waals surface area contributed by atoms with Crippen molar-refractivity contribution in [1.82, 2.24) is 4.90 Å². The highest BCUT2D eigenvalue weighted by molar-refractivity contribution is 7.12. The normalized spacial score (nSPS) is 17.3. The molecule has 1 aromatic heterocycles. The van der Waals surface area contributed by atoms with Crippen molar-refractivity contribution in [2.24, 2.45) is 5.92 Å². The summed E-state index contributed by atoms with van der Waals surface area (Å²) in [4.78, 5) is 15.6. The van der Waals surface area contributed by atoms with E-state index in [2.05, 4.69) is 31.2 Å². The van der Waals surface area contributed by atoms with Gasteiger partial charge in [0, 0.05) is 18.7 Å². The molecule has 1 unspecified atom stereocenters. The molecule has 1 atom stereocenters. The van der Waals surface area contributed by atoms with E-state index >= 15 is 0 Å². The van der Waals surface area contributed by atoms with Gasteiger partial charge in [0.25, 0.3) is 5.91 Å².